The van der Waals surface area contributed by atoms with Crippen molar-refractivity contribution in [3.8, 4) is 0 Å². The molecule has 0 spiro atoms. The molecule has 2 aliphatic rings. The van der Waals surface area contributed by atoms with Gasteiger partial charge in [-0.1, -0.05) is 12.5 Å². The number of carboxylic acids is 1. The molecule has 0 aromatic carbocycles. The summed E-state index contributed by atoms with van der Waals surface area (Å²) < 4.78 is 5.78. The summed E-state index contributed by atoms with van der Waals surface area (Å²) in [4.78, 5) is 21.3. The van der Waals surface area contributed by atoms with Gasteiger partial charge in [-0.2, -0.15) is 0 Å². The van der Waals surface area contributed by atoms with Crippen molar-refractivity contribution in [1.82, 2.24) is 0 Å². The highest BCUT2D eigenvalue weighted by atomic mass is 16.5. The molecule has 2 fully saturated rings. The van der Waals surface area contributed by atoms with Crippen molar-refractivity contribution in [2.75, 3.05) is 0 Å². The van der Waals surface area contributed by atoms with E-state index >= 15 is 0 Å². The Balaban J connectivity index is 1.67. The van der Waals surface area contributed by atoms with Crippen LogP contribution in [0.1, 0.15) is 38.5 Å². The largest absolute Gasteiger partial charge is 0.478 e. The predicted molar refractivity (Wildman–Crippen MR) is 66.2 cm³/mol. The molecule has 2 rings (SSSR count). The first-order chi connectivity index (χ1) is 8.72. The lowest BCUT2D eigenvalue weighted by atomic mass is 9.77. The number of carbonyl (C=O) groups excluding carboxylic acids is 1. The number of allylic oxidation sites excluding steroid dienone is 1. The number of carboxylic acid groups (broad SMARTS) is 1. The van der Waals surface area contributed by atoms with Crippen LogP contribution in [0.5, 0.6) is 0 Å². The first-order valence-electron chi connectivity index (χ1n) is 6.72. The van der Waals surface area contributed by atoms with Gasteiger partial charge in [0, 0.05) is 12.0 Å². The van der Waals surface area contributed by atoms with Gasteiger partial charge in [0.05, 0.1) is 12.2 Å². The van der Waals surface area contributed by atoms with Gasteiger partial charge in [0.1, 0.15) is 6.29 Å². The minimum absolute atomic E-state index is 0.0957. The van der Waals surface area contributed by atoms with Crippen LogP contribution in [0.2, 0.25) is 0 Å². The third-order valence-electron chi connectivity index (χ3n) is 4.06. The van der Waals surface area contributed by atoms with E-state index in [-0.39, 0.29) is 12.0 Å². The molecule has 0 aromatic heterocycles. The molecule has 4 atom stereocenters. The van der Waals surface area contributed by atoms with Gasteiger partial charge in [0.15, 0.2) is 0 Å². The van der Waals surface area contributed by atoms with E-state index in [2.05, 4.69) is 0 Å². The zero-order chi connectivity index (χ0) is 13.0. The lowest BCUT2D eigenvalue weighted by Crippen LogP contribution is -2.28. The van der Waals surface area contributed by atoms with Gasteiger partial charge in [-0.05, 0) is 38.0 Å². The van der Waals surface area contributed by atoms with Gasteiger partial charge in [-0.3, -0.25) is 0 Å². The maximum absolute atomic E-state index is 11.1. The van der Waals surface area contributed by atoms with E-state index < -0.39 is 5.97 Å². The van der Waals surface area contributed by atoms with E-state index in [1.54, 1.807) is 6.08 Å². The van der Waals surface area contributed by atoms with Crippen LogP contribution in [-0.4, -0.2) is 29.6 Å². The van der Waals surface area contributed by atoms with Crippen molar-refractivity contribution in [3.63, 3.8) is 0 Å². The van der Waals surface area contributed by atoms with Crippen molar-refractivity contribution in [2.24, 2.45) is 11.8 Å². The van der Waals surface area contributed by atoms with Crippen LogP contribution < -0.4 is 0 Å². The number of hydrogen-bond acceptors (Lipinski definition) is 3. The molecule has 4 heteroatoms. The van der Waals surface area contributed by atoms with Crippen molar-refractivity contribution < 1.29 is 19.4 Å². The highest BCUT2D eigenvalue weighted by Gasteiger charge is 2.48. The first kappa shape index (κ1) is 13.3. The zero-order valence-corrected chi connectivity index (χ0v) is 10.5. The summed E-state index contributed by atoms with van der Waals surface area (Å²) >= 11 is 0. The Morgan fingerprint density at radius 1 is 1.28 bits per heavy atom. The molecule has 1 N–H and O–H groups in total. The quantitative estimate of drug-likeness (QED) is 0.428. The lowest BCUT2D eigenvalue weighted by molar-refractivity contribution is -0.131. The zero-order valence-electron chi connectivity index (χ0n) is 10.5. The van der Waals surface area contributed by atoms with Crippen LogP contribution in [-0.2, 0) is 14.3 Å². The minimum atomic E-state index is -0.891. The molecule has 2 heterocycles. The Bertz CT molecular complexity index is 337. The number of carbonyl (C=O) groups is 2. The number of rotatable bonds is 7. The standard InChI is InChI=1S/C14H20O4/c15-9-11-10(12-7-8-13(11)18-12)5-3-1-2-4-6-14(16)17/h4,6,9-13H,1-3,5,7-8H2,(H,16,17)/t10-,11-,12+,13-/m1/s1. The predicted octanol–water partition coefficient (Wildman–Crippen LogP) is 2.18. The van der Waals surface area contributed by atoms with E-state index in [9.17, 15) is 9.59 Å². The van der Waals surface area contributed by atoms with E-state index in [1.165, 1.54) is 6.08 Å². The molecule has 0 aromatic rings. The first-order valence-corrected chi connectivity index (χ1v) is 6.72. The van der Waals surface area contributed by atoms with Gasteiger partial charge in [-0.15, -0.1) is 0 Å². The van der Waals surface area contributed by atoms with Crippen molar-refractivity contribution in [2.45, 2.75) is 50.7 Å². The molecule has 100 valence electrons. The minimum Gasteiger partial charge on any atom is -0.478 e. The summed E-state index contributed by atoms with van der Waals surface area (Å²) in [6.07, 6.45) is 10.4. The second-order valence-corrected chi connectivity index (χ2v) is 5.19. The summed E-state index contributed by atoms with van der Waals surface area (Å²) in [7, 11) is 0. The average Bonchev–Trinajstić information content (AvgIpc) is 2.93. The summed E-state index contributed by atoms with van der Waals surface area (Å²) in [6, 6.07) is 0. The molecule has 0 aliphatic carbocycles. The molecule has 4 nitrogen and oxygen atoms in total. The van der Waals surface area contributed by atoms with Crippen LogP contribution in [0.4, 0.5) is 0 Å². The van der Waals surface area contributed by atoms with E-state index in [1.807, 2.05) is 0 Å². The highest BCUT2D eigenvalue weighted by molar-refractivity contribution is 5.79. The number of ether oxygens (including phenoxy) is 1. The van der Waals surface area contributed by atoms with E-state index in [4.69, 9.17) is 9.84 Å². The smallest absolute Gasteiger partial charge is 0.327 e. The van der Waals surface area contributed by atoms with Gasteiger partial charge >= 0.3 is 5.97 Å². The fourth-order valence-electron chi connectivity index (χ4n) is 3.20. The Morgan fingerprint density at radius 3 is 2.78 bits per heavy atom. The van der Waals surface area contributed by atoms with Crippen molar-refractivity contribution in [3.05, 3.63) is 12.2 Å². The fourth-order valence-corrected chi connectivity index (χ4v) is 3.20. The van der Waals surface area contributed by atoms with Gasteiger partial charge in [0.25, 0.3) is 0 Å². The number of fused-ring (bicyclic) bond motifs is 2. The molecule has 0 amide bonds. The normalized spacial score (nSPS) is 34.2. The van der Waals surface area contributed by atoms with Crippen molar-refractivity contribution >= 4 is 12.3 Å². The Kier molecular flexibility index (Phi) is 4.53. The van der Waals surface area contributed by atoms with Crippen LogP contribution in [0.15, 0.2) is 12.2 Å². The van der Waals surface area contributed by atoms with Crippen LogP contribution in [0.25, 0.3) is 0 Å². The Morgan fingerprint density at radius 2 is 2.06 bits per heavy atom. The Hall–Kier alpha value is -1.16. The SMILES string of the molecule is O=C[C@@H]1[C@@H](CCCCC=CC(=O)O)[C@@H]2CC[C@H]1O2. The van der Waals surface area contributed by atoms with E-state index in [0.717, 1.165) is 44.8 Å². The highest BCUT2D eigenvalue weighted by Crippen LogP contribution is 2.44. The van der Waals surface area contributed by atoms with E-state index in [0.29, 0.717) is 12.0 Å². The second kappa shape index (κ2) is 6.14. The summed E-state index contributed by atoms with van der Waals surface area (Å²) in [5.74, 6) is -0.402. The third kappa shape index (κ3) is 2.99. The number of unbranched alkanes of at least 4 members (excludes halogenated alkanes) is 2. The number of aldehydes is 1. The van der Waals surface area contributed by atoms with Gasteiger partial charge in [-0.25, -0.2) is 4.79 Å². The topological polar surface area (TPSA) is 63.6 Å². The molecule has 18 heavy (non-hydrogen) atoms. The number of hydrogen-bond donors (Lipinski definition) is 1. The maximum Gasteiger partial charge on any atom is 0.327 e. The molecule has 2 saturated heterocycles. The molecule has 2 bridgehead atoms. The van der Waals surface area contributed by atoms with Crippen molar-refractivity contribution in [1.29, 1.82) is 0 Å². The molecule has 0 unspecified atom stereocenters. The molecule has 0 radical (unpaired) electrons. The van der Waals surface area contributed by atoms with Crippen LogP contribution >= 0.6 is 0 Å². The van der Waals surface area contributed by atoms with Gasteiger partial charge in [0.2, 0.25) is 0 Å². The summed E-state index contributed by atoms with van der Waals surface area (Å²) in [5.41, 5.74) is 0. The monoisotopic (exact) mass is 252 g/mol. The Labute approximate surface area is 107 Å². The molecule has 0 saturated carbocycles. The summed E-state index contributed by atoms with van der Waals surface area (Å²) in [6.45, 7) is 0. The molecular formula is C14H20O4. The second-order valence-electron chi connectivity index (χ2n) is 5.19. The molecular weight excluding hydrogens is 232 g/mol. The number of aliphatic carboxylic acids is 1. The lowest BCUT2D eigenvalue weighted by Gasteiger charge is -2.23. The van der Waals surface area contributed by atoms with Gasteiger partial charge < -0.3 is 14.6 Å². The molecule has 2 aliphatic heterocycles. The average molecular weight is 252 g/mol. The van der Waals surface area contributed by atoms with Crippen LogP contribution in [0.3, 0.4) is 0 Å². The third-order valence-corrected chi connectivity index (χ3v) is 4.06. The van der Waals surface area contributed by atoms with Crippen LogP contribution in [0, 0.1) is 11.8 Å². The maximum atomic E-state index is 11.1. The fraction of sp³-hybridized carbons (Fsp3) is 0.714. The summed E-state index contributed by atoms with van der Waals surface area (Å²) in [5, 5.41) is 8.44.